The van der Waals surface area contributed by atoms with Gasteiger partial charge >= 0.3 is 12.0 Å². The average molecular weight is 265 g/mol. The molecule has 0 bridgehead atoms. The number of aromatic nitrogens is 5. The quantitative estimate of drug-likeness (QED) is 0.519. The van der Waals surface area contributed by atoms with E-state index in [1.165, 1.54) is 6.07 Å². The molecule has 0 aromatic carbocycles. The number of aryl methyl sites for hydroxylation is 1. The number of rotatable bonds is 4. The smallest absolute Gasteiger partial charge is 0.354 e. The third-order valence-corrected chi connectivity index (χ3v) is 2.21. The third kappa shape index (κ3) is 3.06. The lowest BCUT2D eigenvalue weighted by molar-refractivity contribution is 0.0692. The van der Waals surface area contributed by atoms with Crippen molar-refractivity contribution in [3.05, 3.63) is 23.3 Å². The highest BCUT2D eigenvalue weighted by Crippen LogP contribution is 2.16. The highest BCUT2D eigenvalue weighted by atomic mass is 16.4. The molecule has 10 nitrogen and oxygen atoms in total. The lowest BCUT2D eigenvalue weighted by Gasteiger charge is -2.04. The predicted octanol–water partition coefficient (Wildman–Crippen LogP) is -0.144. The number of amides is 2. The molecular formula is C9H11N7O3. The summed E-state index contributed by atoms with van der Waals surface area (Å²) in [4.78, 5) is 25.1. The van der Waals surface area contributed by atoms with Crippen LogP contribution >= 0.6 is 0 Å². The molecular weight excluding hydrogens is 254 g/mol. The van der Waals surface area contributed by atoms with E-state index in [0.29, 0.717) is 11.5 Å². The van der Waals surface area contributed by atoms with Gasteiger partial charge < -0.3 is 20.7 Å². The van der Waals surface area contributed by atoms with Crippen LogP contribution in [0, 0.1) is 6.92 Å². The maximum atomic E-state index is 11.6. The SMILES string of the molecule is Cc1cc(NC(=O)NCc2nn[nH]n2)c(C(=O)O)[nH]1. The highest BCUT2D eigenvalue weighted by Gasteiger charge is 2.15. The van der Waals surface area contributed by atoms with Crippen molar-refractivity contribution in [3.63, 3.8) is 0 Å². The van der Waals surface area contributed by atoms with Gasteiger partial charge in [-0.2, -0.15) is 5.21 Å². The average Bonchev–Trinajstić information content (AvgIpc) is 2.96. The van der Waals surface area contributed by atoms with E-state index >= 15 is 0 Å². The number of aromatic amines is 2. The first-order valence-corrected chi connectivity index (χ1v) is 5.26. The van der Waals surface area contributed by atoms with E-state index in [-0.39, 0.29) is 17.9 Å². The second kappa shape index (κ2) is 5.16. The van der Waals surface area contributed by atoms with Crippen LogP contribution in [0.25, 0.3) is 0 Å². The van der Waals surface area contributed by atoms with E-state index in [1.807, 2.05) is 0 Å². The van der Waals surface area contributed by atoms with Gasteiger partial charge in [-0.1, -0.05) is 5.21 Å². The minimum atomic E-state index is -1.15. The Kier molecular flexibility index (Phi) is 3.41. The molecule has 0 unspecified atom stereocenters. The van der Waals surface area contributed by atoms with E-state index < -0.39 is 12.0 Å². The number of nitrogens with one attached hydrogen (secondary N) is 4. The molecule has 2 amide bonds. The molecule has 0 saturated carbocycles. The number of hydrogen-bond acceptors (Lipinski definition) is 5. The van der Waals surface area contributed by atoms with Gasteiger partial charge in [-0.25, -0.2) is 9.59 Å². The number of carbonyl (C=O) groups is 2. The largest absolute Gasteiger partial charge is 0.477 e. The Bertz CT molecular complexity index is 589. The standard InChI is InChI=1S/C9H11N7O3/c1-4-2-5(7(11-4)8(17)18)12-9(19)10-3-6-13-15-16-14-6/h2,11H,3H2,1H3,(H,17,18)(H2,10,12,19)(H,13,14,15,16). The van der Waals surface area contributed by atoms with Gasteiger partial charge in [-0.15, -0.1) is 10.2 Å². The van der Waals surface area contributed by atoms with Gasteiger partial charge in [0.1, 0.15) is 5.69 Å². The van der Waals surface area contributed by atoms with E-state index in [4.69, 9.17) is 5.11 Å². The first-order valence-electron chi connectivity index (χ1n) is 5.26. The summed E-state index contributed by atoms with van der Waals surface area (Å²) in [5, 5.41) is 26.7. The molecule has 2 aromatic rings. The van der Waals surface area contributed by atoms with Crippen LogP contribution in [0.4, 0.5) is 10.5 Å². The Labute approximate surface area is 106 Å². The van der Waals surface area contributed by atoms with Crippen LogP contribution in [-0.2, 0) is 6.54 Å². The Balaban J connectivity index is 1.97. The number of aromatic carboxylic acids is 1. The zero-order chi connectivity index (χ0) is 13.8. The van der Waals surface area contributed by atoms with Crippen LogP contribution in [0.5, 0.6) is 0 Å². The fourth-order valence-corrected chi connectivity index (χ4v) is 1.44. The van der Waals surface area contributed by atoms with Crippen LogP contribution in [0.15, 0.2) is 6.07 Å². The normalized spacial score (nSPS) is 10.2. The van der Waals surface area contributed by atoms with Gasteiger partial charge in [-0.3, -0.25) is 0 Å². The Morgan fingerprint density at radius 3 is 2.89 bits per heavy atom. The second-order valence-corrected chi connectivity index (χ2v) is 3.68. The number of carboxylic acids is 1. The number of hydrogen-bond donors (Lipinski definition) is 5. The van der Waals surface area contributed by atoms with Crippen molar-refractivity contribution >= 4 is 17.7 Å². The van der Waals surface area contributed by atoms with Crippen molar-refractivity contribution < 1.29 is 14.7 Å². The number of urea groups is 1. The Hall–Kier alpha value is -2.91. The monoisotopic (exact) mass is 265 g/mol. The molecule has 0 aliphatic rings. The number of carbonyl (C=O) groups excluding carboxylic acids is 1. The summed E-state index contributed by atoms with van der Waals surface area (Å²) in [5.41, 5.74) is 0.744. The summed E-state index contributed by atoms with van der Waals surface area (Å²) < 4.78 is 0. The Morgan fingerprint density at radius 2 is 2.26 bits per heavy atom. The van der Waals surface area contributed by atoms with E-state index in [0.717, 1.165) is 0 Å². The van der Waals surface area contributed by atoms with Gasteiger partial charge in [-0.05, 0) is 13.0 Å². The van der Waals surface area contributed by atoms with E-state index in [1.54, 1.807) is 6.92 Å². The van der Waals surface area contributed by atoms with Crippen LogP contribution in [0.1, 0.15) is 22.0 Å². The zero-order valence-corrected chi connectivity index (χ0v) is 9.89. The van der Waals surface area contributed by atoms with Crippen LogP contribution < -0.4 is 10.6 Å². The summed E-state index contributed by atoms with van der Waals surface area (Å²) in [7, 11) is 0. The molecule has 0 radical (unpaired) electrons. The van der Waals surface area contributed by atoms with Gasteiger partial charge in [0.05, 0.1) is 12.2 Å². The number of carboxylic acid groups (broad SMARTS) is 1. The fourth-order valence-electron chi connectivity index (χ4n) is 1.44. The van der Waals surface area contributed by atoms with Crippen molar-refractivity contribution in [2.45, 2.75) is 13.5 Å². The predicted molar refractivity (Wildman–Crippen MR) is 62.5 cm³/mol. The molecule has 0 saturated heterocycles. The van der Waals surface area contributed by atoms with Gasteiger partial charge in [0.2, 0.25) is 0 Å². The maximum Gasteiger partial charge on any atom is 0.354 e. The minimum absolute atomic E-state index is 0.0767. The number of tetrazole rings is 1. The first kappa shape index (κ1) is 12.5. The molecule has 0 fully saturated rings. The second-order valence-electron chi connectivity index (χ2n) is 3.68. The molecule has 2 heterocycles. The third-order valence-electron chi connectivity index (χ3n) is 2.21. The molecule has 0 atom stereocenters. The van der Waals surface area contributed by atoms with Gasteiger partial charge in [0.25, 0.3) is 0 Å². The van der Waals surface area contributed by atoms with Crippen molar-refractivity contribution in [2.75, 3.05) is 5.32 Å². The summed E-state index contributed by atoms with van der Waals surface area (Å²) in [5.74, 6) is -0.833. The number of anilines is 1. The highest BCUT2D eigenvalue weighted by molar-refractivity contribution is 5.99. The maximum absolute atomic E-state index is 11.6. The van der Waals surface area contributed by atoms with Crippen LogP contribution in [0.3, 0.4) is 0 Å². The number of H-pyrrole nitrogens is 2. The molecule has 0 aliphatic carbocycles. The molecule has 2 aromatic heterocycles. The van der Waals surface area contributed by atoms with Crippen molar-refractivity contribution in [3.8, 4) is 0 Å². The van der Waals surface area contributed by atoms with E-state index in [2.05, 4.69) is 36.2 Å². The lowest BCUT2D eigenvalue weighted by Crippen LogP contribution is -2.29. The molecule has 2 rings (SSSR count). The van der Waals surface area contributed by atoms with Gasteiger partial charge in [0.15, 0.2) is 5.82 Å². The van der Waals surface area contributed by atoms with Crippen LogP contribution in [-0.4, -0.2) is 42.7 Å². The molecule has 10 heteroatoms. The van der Waals surface area contributed by atoms with Crippen LogP contribution in [0.2, 0.25) is 0 Å². The fraction of sp³-hybridized carbons (Fsp3) is 0.222. The topological polar surface area (TPSA) is 149 Å². The molecule has 100 valence electrons. The minimum Gasteiger partial charge on any atom is -0.477 e. The summed E-state index contributed by atoms with van der Waals surface area (Å²) in [6.45, 7) is 1.77. The molecule has 19 heavy (non-hydrogen) atoms. The first-order chi connectivity index (χ1) is 9.06. The van der Waals surface area contributed by atoms with Crippen molar-refractivity contribution in [2.24, 2.45) is 0 Å². The van der Waals surface area contributed by atoms with E-state index in [9.17, 15) is 9.59 Å². The van der Waals surface area contributed by atoms with Gasteiger partial charge in [0, 0.05) is 5.69 Å². The zero-order valence-electron chi connectivity index (χ0n) is 9.89. The lowest BCUT2D eigenvalue weighted by atomic mass is 10.3. The van der Waals surface area contributed by atoms with Crippen molar-refractivity contribution in [1.29, 1.82) is 0 Å². The molecule has 0 spiro atoms. The summed E-state index contributed by atoms with van der Waals surface area (Å²) in [6, 6.07) is 0.962. The Morgan fingerprint density at radius 1 is 1.47 bits per heavy atom. The molecule has 0 aliphatic heterocycles. The van der Waals surface area contributed by atoms with Crippen molar-refractivity contribution in [1.82, 2.24) is 30.9 Å². The molecule has 5 N–H and O–H groups in total. The summed E-state index contributed by atoms with van der Waals surface area (Å²) in [6.07, 6.45) is 0. The number of nitrogens with zero attached hydrogens (tertiary/aromatic N) is 3. The summed E-state index contributed by atoms with van der Waals surface area (Å²) >= 11 is 0.